The van der Waals surface area contributed by atoms with Crippen LogP contribution in [-0.4, -0.2) is 12.6 Å². The molecule has 2 aromatic rings. The Hall–Kier alpha value is -1.42. The minimum atomic E-state index is -0.536. The molecule has 0 fully saturated rings. The Labute approximate surface area is 137 Å². The standard InChI is InChI=1S/C15H11Cl3O3/c1-9-6-10(16)2-4-13(9)21-15(19)8-20-14-5-3-11(17)7-12(14)18/h2-7H,8H2,1H3. The van der Waals surface area contributed by atoms with E-state index >= 15 is 0 Å². The minimum Gasteiger partial charge on any atom is -0.480 e. The highest BCUT2D eigenvalue weighted by Crippen LogP contribution is 2.27. The summed E-state index contributed by atoms with van der Waals surface area (Å²) in [7, 11) is 0. The van der Waals surface area contributed by atoms with Crippen LogP contribution < -0.4 is 9.47 Å². The third-order valence-electron chi connectivity index (χ3n) is 2.60. The van der Waals surface area contributed by atoms with Crippen LogP contribution in [0.4, 0.5) is 0 Å². The maximum absolute atomic E-state index is 11.8. The van der Waals surface area contributed by atoms with E-state index in [1.165, 1.54) is 6.07 Å². The van der Waals surface area contributed by atoms with Crippen molar-refractivity contribution >= 4 is 40.8 Å². The number of carbonyl (C=O) groups excluding carboxylic acids is 1. The molecule has 21 heavy (non-hydrogen) atoms. The van der Waals surface area contributed by atoms with Gasteiger partial charge < -0.3 is 9.47 Å². The molecule has 0 saturated heterocycles. The van der Waals surface area contributed by atoms with Gasteiger partial charge in [0, 0.05) is 10.0 Å². The highest BCUT2D eigenvalue weighted by molar-refractivity contribution is 6.35. The predicted molar refractivity (Wildman–Crippen MR) is 83.8 cm³/mol. The van der Waals surface area contributed by atoms with E-state index in [-0.39, 0.29) is 6.61 Å². The van der Waals surface area contributed by atoms with Gasteiger partial charge in [0.2, 0.25) is 0 Å². The van der Waals surface area contributed by atoms with Crippen LogP contribution in [0.2, 0.25) is 15.1 Å². The van der Waals surface area contributed by atoms with E-state index in [1.807, 2.05) is 0 Å². The molecule has 0 amide bonds. The molecule has 3 nitrogen and oxygen atoms in total. The fourth-order valence-corrected chi connectivity index (χ4v) is 2.30. The van der Waals surface area contributed by atoms with E-state index in [0.29, 0.717) is 26.6 Å². The second-order valence-corrected chi connectivity index (χ2v) is 5.53. The van der Waals surface area contributed by atoms with E-state index in [1.54, 1.807) is 37.3 Å². The number of halogens is 3. The monoisotopic (exact) mass is 344 g/mol. The fourth-order valence-electron chi connectivity index (χ4n) is 1.61. The molecule has 2 aromatic carbocycles. The summed E-state index contributed by atoms with van der Waals surface area (Å²) in [6.07, 6.45) is 0. The second kappa shape index (κ2) is 7.03. The third-order valence-corrected chi connectivity index (χ3v) is 3.37. The molecule has 110 valence electrons. The number of hydrogen-bond acceptors (Lipinski definition) is 3. The topological polar surface area (TPSA) is 35.5 Å². The number of hydrogen-bond donors (Lipinski definition) is 0. The van der Waals surface area contributed by atoms with Gasteiger partial charge >= 0.3 is 5.97 Å². The molecule has 0 radical (unpaired) electrons. The van der Waals surface area contributed by atoms with Gasteiger partial charge in [-0.1, -0.05) is 34.8 Å². The molecule has 0 aliphatic carbocycles. The molecule has 0 unspecified atom stereocenters. The van der Waals surface area contributed by atoms with Crippen molar-refractivity contribution in [1.29, 1.82) is 0 Å². The molecule has 0 atom stereocenters. The number of aryl methyl sites for hydroxylation is 1. The highest BCUT2D eigenvalue weighted by atomic mass is 35.5. The lowest BCUT2D eigenvalue weighted by Crippen LogP contribution is -2.18. The quantitative estimate of drug-likeness (QED) is 0.581. The van der Waals surface area contributed by atoms with Crippen LogP contribution >= 0.6 is 34.8 Å². The first-order valence-corrected chi connectivity index (χ1v) is 7.14. The number of benzene rings is 2. The first-order chi connectivity index (χ1) is 9.95. The van der Waals surface area contributed by atoms with Crippen molar-refractivity contribution in [3.63, 3.8) is 0 Å². The summed E-state index contributed by atoms with van der Waals surface area (Å²) in [5.41, 5.74) is 0.764. The molecular weight excluding hydrogens is 335 g/mol. The Bertz CT molecular complexity index is 671. The average molecular weight is 346 g/mol. The zero-order valence-electron chi connectivity index (χ0n) is 11.0. The maximum Gasteiger partial charge on any atom is 0.349 e. The number of ether oxygens (including phenoxy) is 2. The number of esters is 1. The summed E-state index contributed by atoms with van der Waals surface area (Å²) < 4.78 is 10.5. The van der Waals surface area contributed by atoms with Crippen LogP contribution in [-0.2, 0) is 4.79 Å². The lowest BCUT2D eigenvalue weighted by molar-refractivity contribution is -0.136. The van der Waals surface area contributed by atoms with Crippen molar-refractivity contribution in [2.45, 2.75) is 6.92 Å². The van der Waals surface area contributed by atoms with Crippen LogP contribution in [0.5, 0.6) is 11.5 Å². The second-order valence-electron chi connectivity index (χ2n) is 4.25. The van der Waals surface area contributed by atoms with Gasteiger partial charge in [0.25, 0.3) is 0 Å². The van der Waals surface area contributed by atoms with Gasteiger partial charge in [-0.2, -0.15) is 0 Å². The van der Waals surface area contributed by atoms with E-state index in [2.05, 4.69) is 0 Å². The SMILES string of the molecule is Cc1cc(Cl)ccc1OC(=O)COc1ccc(Cl)cc1Cl. The van der Waals surface area contributed by atoms with Gasteiger partial charge in [-0.15, -0.1) is 0 Å². The lowest BCUT2D eigenvalue weighted by Gasteiger charge is -2.10. The van der Waals surface area contributed by atoms with Gasteiger partial charge in [0.15, 0.2) is 6.61 Å². The summed E-state index contributed by atoms with van der Waals surface area (Å²) in [5, 5.41) is 1.40. The maximum atomic E-state index is 11.8. The first kappa shape index (κ1) is 16.0. The van der Waals surface area contributed by atoms with Crippen molar-refractivity contribution in [3.05, 3.63) is 57.0 Å². The molecule has 0 saturated carbocycles. The molecule has 6 heteroatoms. The van der Waals surface area contributed by atoms with Crippen molar-refractivity contribution in [2.24, 2.45) is 0 Å². The Morgan fingerprint density at radius 2 is 1.62 bits per heavy atom. The number of carbonyl (C=O) groups is 1. The smallest absolute Gasteiger partial charge is 0.349 e. The van der Waals surface area contributed by atoms with Crippen LogP contribution in [0.1, 0.15) is 5.56 Å². The van der Waals surface area contributed by atoms with Crippen molar-refractivity contribution in [3.8, 4) is 11.5 Å². The number of rotatable bonds is 4. The largest absolute Gasteiger partial charge is 0.480 e. The molecule has 0 spiro atoms. The van der Waals surface area contributed by atoms with Crippen molar-refractivity contribution in [2.75, 3.05) is 6.61 Å². The Balaban J connectivity index is 1.96. The van der Waals surface area contributed by atoms with Crippen molar-refractivity contribution in [1.82, 2.24) is 0 Å². The summed E-state index contributed by atoms with van der Waals surface area (Å²) in [4.78, 5) is 11.8. The van der Waals surface area contributed by atoms with Gasteiger partial charge in [-0.05, 0) is 48.9 Å². The normalized spacial score (nSPS) is 10.3. The molecule has 0 aromatic heterocycles. The highest BCUT2D eigenvalue weighted by Gasteiger charge is 2.10. The Morgan fingerprint density at radius 1 is 1.00 bits per heavy atom. The van der Waals surface area contributed by atoms with Gasteiger partial charge in [0.05, 0.1) is 5.02 Å². The van der Waals surface area contributed by atoms with Gasteiger partial charge in [-0.25, -0.2) is 4.79 Å². The summed E-state index contributed by atoms with van der Waals surface area (Å²) in [6.45, 7) is 1.54. The molecular formula is C15H11Cl3O3. The molecule has 2 rings (SSSR count). The predicted octanol–water partition coefficient (Wildman–Crippen LogP) is 4.94. The van der Waals surface area contributed by atoms with E-state index in [4.69, 9.17) is 44.3 Å². The molecule has 0 heterocycles. The van der Waals surface area contributed by atoms with Crippen LogP contribution in [0.25, 0.3) is 0 Å². The van der Waals surface area contributed by atoms with E-state index in [0.717, 1.165) is 5.56 Å². The molecule has 0 N–H and O–H groups in total. The minimum absolute atomic E-state index is 0.260. The van der Waals surface area contributed by atoms with E-state index < -0.39 is 5.97 Å². The fraction of sp³-hybridized carbons (Fsp3) is 0.133. The third kappa shape index (κ3) is 4.53. The van der Waals surface area contributed by atoms with Crippen LogP contribution in [0, 0.1) is 6.92 Å². The Morgan fingerprint density at radius 3 is 2.24 bits per heavy atom. The molecule has 0 bridgehead atoms. The van der Waals surface area contributed by atoms with Crippen molar-refractivity contribution < 1.29 is 14.3 Å². The van der Waals surface area contributed by atoms with Gasteiger partial charge in [0.1, 0.15) is 11.5 Å². The average Bonchev–Trinajstić information content (AvgIpc) is 2.41. The van der Waals surface area contributed by atoms with Crippen LogP contribution in [0.3, 0.4) is 0 Å². The summed E-state index contributed by atoms with van der Waals surface area (Å²) in [5.74, 6) is 0.271. The van der Waals surface area contributed by atoms with Gasteiger partial charge in [-0.3, -0.25) is 0 Å². The van der Waals surface area contributed by atoms with E-state index in [9.17, 15) is 4.79 Å². The lowest BCUT2D eigenvalue weighted by atomic mass is 10.2. The van der Waals surface area contributed by atoms with Crippen LogP contribution in [0.15, 0.2) is 36.4 Å². The molecule has 0 aliphatic heterocycles. The Kier molecular flexibility index (Phi) is 5.34. The summed E-state index contributed by atoms with van der Waals surface area (Å²) >= 11 is 17.5. The zero-order chi connectivity index (χ0) is 15.4. The molecule has 0 aliphatic rings. The zero-order valence-corrected chi connectivity index (χ0v) is 13.3. The summed E-state index contributed by atoms with van der Waals surface area (Å²) in [6, 6.07) is 9.73. The first-order valence-electron chi connectivity index (χ1n) is 6.00.